The van der Waals surface area contributed by atoms with Gasteiger partial charge in [-0.05, 0) is 35.7 Å². The maximum absolute atomic E-state index is 5.78. The summed E-state index contributed by atoms with van der Waals surface area (Å²) in [5.41, 5.74) is 1.22. The second kappa shape index (κ2) is 5.35. The summed E-state index contributed by atoms with van der Waals surface area (Å²) in [4.78, 5) is 0. The van der Waals surface area contributed by atoms with Crippen LogP contribution in [0.25, 0.3) is 0 Å². The van der Waals surface area contributed by atoms with Crippen molar-refractivity contribution in [3.8, 4) is 11.5 Å². The Balaban J connectivity index is 2.19. The van der Waals surface area contributed by atoms with Crippen molar-refractivity contribution in [1.82, 2.24) is 0 Å². The van der Waals surface area contributed by atoms with Crippen molar-refractivity contribution in [1.29, 1.82) is 0 Å². The number of para-hydroxylation sites is 1. The van der Waals surface area contributed by atoms with Gasteiger partial charge in [-0.1, -0.05) is 43.3 Å². The smallest absolute Gasteiger partial charge is 0.127 e. The topological polar surface area (TPSA) is 9.23 Å². The summed E-state index contributed by atoms with van der Waals surface area (Å²) in [5.74, 6) is 2.06. The molecule has 2 aromatic rings. The summed E-state index contributed by atoms with van der Waals surface area (Å²) in [6.07, 6.45) is 1.93. The van der Waals surface area contributed by atoms with E-state index >= 15 is 0 Å². The minimum Gasteiger partial charge on any atom is -0.457 e. The molecule has 0 saturated heterocycles. The monoisotopic (exact) mass is 224 g/mol. The van der Waals surface area contributed by atoms with Gasteiger partial charge in [0.2, 0.25) is 0 Å². The quantitative estimate of drug-likeness (QED) is 0.680. The summed E-state index contributed by atoms with van der Waals surface area (Å²) in [5, 5.41) is 0. The van der Waals surface area contributed by atoms with E-state index in [2.05, 4.69) is 25.6 Å². The highest BCUT2D eigenvalue weighted by molar-refractivity contribution is 5.35. The minimum atomic E-state index is 0.342. The van der Waals surface area contributed by atoms with Crippen LogP contribution in [0.5, 0.6) is 11.5 Å². The van der Waals surface area contributed by atoms with Crippen LogP contribution in [0, 0.1) is 0 Å². The fourth-order valence-corrected chi connectivity index (χ4v) is 1.62. The highest BCUT2D eigenvalue weighted by Gasteiger charge is 2.03. The molecule has 2 aromatic carbocycles. The first-order valence-electron chi connectivity index (χ1n) is 5.75. The third kappa shape index (κ3) is 2.97. The normalized spacial score (nSPS) is 11.8. The summed E-state index contributed by atoms with van der Waals surface area (Å²) in [6, 6.07) is 17.9. The van der Waals surface area contributed by atoms with Gasteiger partial charge in [0.15, 0.2) is 0 Å². The largest absolute Gasteiger partial charge is 0.457 e. The molecule has 1 heteroatoms. The fourth-order valence-electron chi connectivity index (χ4n) is 1.62. The van der Waals surface area contributed by atoms with Crippen LogP contribution in [0.2, 0.25) is 0 Å². The molecule has 0 fully saturated rings. The lowest BCUT2D eigenvalue weighted by Crippen LogP contribution is -1.90. The van der Waals surface area contributed by atoms with Gasteiger partial charge < -0.3 is 4.74 Å². The Hall–Kier alpha value is -2.02. The predicted octanol–water partition coefficient (Wildman–Crippen LogP) is 4.77. The van der Waals surface area contributed by atoms with E-state index in [0.29, 0.717) is 5.92 Å². The molecule has 0 N–H and O–H groups in total. The third-order valence-electron chi connectivity index (χ3n) is 2.72. The van der Waals surface area contributed by atoms with Crippen LogP contribution in [0.4, 0.5) is 0 Å². The summed E-state index contributed by atoms with van der Waals surface area (Å²) in [6.45, 7) is 5.93. The van der Waals surface area contributed by atoms with Gasteiger partial charge in [0, 0.05) is 0 Å². The molecule has 0 aliphatic rings. The number of benzene rings is 2. The van der Waals surface area contributed by atoms with Gasteiger partial charge in [0.25, 0.3) is 0 Å². The van der Waals surface area contributed by atoms with Crippen LogP contribution < -0.4 is 4.74 Å². The molecule has 0 radical (unpaired) electrons. The number of hydrogen-bond donors (Lipinski definition) is 0. The average molecular weight is 224 g/mol. The van der Waals surface area contributed by atoms with Crippen molar-refractivity contribution >= 4 is 0 Å². The summed E-state index contributed by atoms with van der Waals surface area (Å²) >= 11 is 0. The lowest BCUT2D eigenvalue weighted by atomic mass is 10.0. The number of rotatable bonds is 4. The van der Waals surface area contributed by atoms with Crippen molar-refractivity contribution in [3.05, 3.63) is 72.8 Å². The number of allylic oxidation sites excluding steroid dienone is 1. The van der Waals surface area contributed by atoms with Crippen molar-refractivity contribution < 1.29 is 4.74 Å². The van der Waals surface area contributed by atoms with Crippen molar-refractivity contribution in [2.75, 3.05) is 0 Å². The van der Waals surface area contributed by atoms with E-state index in [1.54, 1.807) is 0 Å². The number of hydrogen-bond acceptors (Lipinski definition) is 1. The molecule has 0 spiro atoms. The Morgan fingerprint density at radius 2 is 1.71 bits per heavy atom. The molecular weight excluding hydrogens is 208 g/mol. The second-order valence-corrected chi connectivity index (χ2v) is 4.01. The first-order chi connectivity index (χ1) is 8.29. The Morgan fingerprint density at radius 3 is 2.41 bits per heavy atom. The van der Waals surface area contributed by atoms with E-state index in [1.165, 1.54) is 5.56 Å². The molecule has 0 saturated carbocycles. The number of ether oxygens (including phenoxy) is 1. The van der Waals surface area contributed by atoms with Crippen LogP contribution in [0.3, 0.4) is 0 Å². The first kappa shape index (κ1) is 11.5. The van der Waals surface area contributed by atoms with E-state index in [1.807, 2.05) is 48.5 Å². The van der Waals surface area contributed by atoms with Crippen LogP contribution in [-0.2, 0) is 0 Å². The van der Waals surface area contributed by atoms with Gasteiger partial charge in [-0.15, -0.1) is 6.58 Å². The Morgan fingerprint density at radius 1 is 1.00 bits per heavy atom. The summed E-state index contributed by atoms with van der Waals surface area (Å²) in [7, 11) is 0. The van der Waals surface area contributed by atoms with E-state index in [4.69, 9.17) is 4.74 Å². The van der Waals surface area contributed by atoms with Gasteiger partial charge in [-0.25, -0.2) is 0 Å². The first-order valence-corrected chi connectivity index (χ1v) is 5.75. The minimum absolute atomic E-state index is 0.342. The third-order valence-corrected chi connectivity index (χ3v) is 2.72. The van der Waals surface area contributed by atoms with E-state index < -0.39 is 0 Å². The molecule has 0 unspecified atom stereocenters. The van der Waals surface area contributed by atoms with Gasteiger partial charge in [0.1, 0.15) is 11.5 Å². The van der Waals surface area contributed by atoms with Gasteiger partial charge in [-0.2, -0.15) is 0 Å². The van der Waals surface area contributed by atoms with E-state index in [0.717, 1.165) is 11.5 Å². The highest BCUT2D eigenvalue weighted by Crippen LogP contribution is 2.25. The molecule has 1 atom stereocenters. The molecule has 0 heterocycles. The Labute approximate surface area is 102 Å². The maximum Gasteiger partial charge on any atom is 0.127 e. The van der Waals surface area contributed by atoms with Crippen LogP contribution >= 0.6 is 0 Å². The van der Waals surface area contributed by atoms with Crippen LogP contribution in [-0.4, -0.2) is 0 Å². The maximum atomic E-state index is 5.78. The lowest BCUT2D eigenvalue weighted by Gasteiger charge is -2.10. The molecule has 0 bridgehead atoms. The zero-order valence-corrected chi connectivity index (χ0v) is 9.97. The molecule has 86 valence electrons. The van der Waals surface area contributed by atoms with Crippen LogP contribution in [0.1, 0.15) is 18.4 Å². The zero-order chi connectivity index (χ0) is 12.1. The standard InChI is InChI=1S/C16H16O/c1-3-13(2)14-8-7-11-16(12-14)17-15-9-5-4-6-10-15/h3-13H,1H2,2H3/t13-/m0/s1. The Kier molecular flexibility index (Phi) is 3.61. The van der Waals surface area contributed by atoms with Crippen LogP contribution in [0.15, 0.2) is 67.3 Å². The SMILES string of the molecule is C=C[C@H](C)c1cccc(Oc2ccccc2)c1. The average Bonchev–Trinajstić information content (AvgIpc) is 2.39. The van der Waals surface area contributed by atoms with E-state index in [9.17, 15) is 0 Å². The molecule has 0 amide bonds. The molecule has 2 rings (SSSR count). The lowest BCUT2D eigenvalue weighted by molar-refractivity contribution is 0.482. The van der Waals surface area contributed by atoms with Crippen molar-refractivity contribution in [3.63, 3.8) is 0 Å². The highest BCUT2D eigenvalue weighted by atomic mass is 16.5. The molecule has 0 aromatic heterocycles. The van der Waals surface area contributed by atoms with Gasteiger partial charge in [-0.3, -0.25) is 0 Å². The summed E-state index contributed by atoms with van der Waals surface area (Å²) < 4.78 is 5.78. The fraction of sp³-hybridized carbons (Fsp3) is 0.125. The van der Waals surface area contributed by atoms with Crippen molar-refractivity contribution in [2.45, 2.75) is 12.8 Å². The molecular formula is C16H16O. The van der Waals surface area contributed by atoms with Crippen molar-refractivity contribution in [2.24, 2.45) is 0 Å². The Bertz CT molecular complexity index is 488. The second-order valence-electron chi connectivity index (χ2n) is 4.01. The molecule has 17 heavy (non-hydrogen) atoms. The predicted molar refractivity (Wildman–Crippen MR) is 71.6 cm³/mol. The molecule has 0 aliphatic carbocycles. The van der Waals surface area contributed by atoms with E-state index in [-0.39, 0.29) is 0 Å². The molecule has 0 aliphatic heterocycles. The zero-order valence-electron chi connectivity index (χ0n) is 9.97. The van der Waals surface area contributed by atoms with Gasteiger partial charge in [0.05, 0.1) is 0 Å². The molecule has 1 nitrogen and oxygen atoms in total. The van der Waals surface area contributed by atoms with Gasteiger partial charge >= 0.3 is 0 Å².